The van der Waals surface area contributed by atoms with Gasteiger partial charge in [-0.3, -0.25) is 8.89 Å². The molecule has 0 amide bonds. The Bertz CT molecular complexity index is 402. The van der Waals surface area contributed by atoms with Gasteiger partial charge in [0.05, 0.1) is 11.4 Å². The Hall–Kier alpha value is -1.04. The van der Waals surface area contributed by atoms with Gasteiger partial charge in [0.15, 0.2) is 0 Å². The van der Waals surface area contributed by atoms with Crippen LogP contribution in [0.25, 0.3) is 0 Å². The fraction of sp³-hybridized carbons (Fsp3) is 0.727. The van der Waals surface area contributed by atoms with Crippen LogP contribution < -0.4 is 11.1 Å². The number of nitrogens with one attached hydrogen (secondary N) is 1. The second-order valence-corrected chi connectivity index (χ2v) is 5.85. The third-order valence-corrected chi connectivity index (χ3v) is 3.48. The van der Waals surface area contributed by atoms with Crippen LogP contribution in [0.1, 0.15) is 26.0 Å². The van der Waals surface area contributed by atoms with Crippen LogP contribution in [0.5, 0.6) is 0 Å². The Morgan fingerprint density at radius 2 is 2.24 bits per heavy atom. The first-order chi connectivity index (χ1) is 7.95. The van der Waals surface area contributed by atoms with Crippen LogP contribution in [0.4, 0.5) is 11.5 Å². The van der Waals surface area contributed by atoms with Crippen LogP contribution in [0.15, 0.2) is 0 Å². The van der Waals surface area contributed by atoms with Crippen LogP contribution in [0.2, 0.25) is 0 Å². The number of nitrogens with two attached hydrogens (primary N) is 1. The summed E-state index contributed by atoms with van der Waals surface area (Å²) < 4.78 is 12.9. The molecule has 0 saturated heterocycles. The van der Waals surface area contributed by atoms with Gasteiger partial charge in [-0.15, -0.1) is 0 Å². The Kier molecular flexibility index (Phi) is 4.99. The standard InChI is InChI=1S/C11H22N4OS/c1-5-6-9-10(12)11(15(3)14-9)13-8(2)7-17(4)16/h8,13H,5-7,12H2,1-4H3. The molecule has 0 radical (unpaired) electrons. The number of anilines is 2. The van der Waals surface area contributed by atoms with Crippen LogP contribution >= 0.6 is 0 Å². The zero-order valence-corrected chi connectivity index (χ0v) is 11.8. The Labute approximate surface area is 105 Å². The molecule has 17 heavy (non-hydrogen) atoms. The fourth-order valence-corrected chi connectivity index (χ4v) is 2.60. The molecule has 98 valence electrons. The molecule has 5 nitrogen and oxygen atoms in total. The summed E-state index contributed by atoms with van der Waals surface area (Å²) in [6.45, 7) is 4.09. The maximum atomic E-state index is 11.1. The van der Waals surface area contributed by atoms with Crippen LogP contribution in [-0.2, 0) is 24.3 Å². The van der Waals surface area contributed by atoms with Gasteiger partial charge < -0.3 is 11.1 Å². The number of aryl methyl sites for hydroxylation is 2. The second-order valence-electron chi connectivity index (χ2n) is 4.37. The molecule has 2 atom stereocenters. The van der Waals surface area contributed by atoms with Crippen LogP contribution in [0.3, 0.4) is 0 Å². The molecule has 6 heteroatoms. The molecule has 0 saturated carbocycles. The number of nitrogen functional groups attached to an aromatic ring is 1. The van der Waals surface area contributed by atoms with E-state index in [2.05, 4.69) is 17.3 Å². The maximum absolute atomic E-state index is 11.1. The first-order valence-electron chi connectivity index (χ1n) is 5.83. The van der Waals surface area contributed by atoms with Gasteiger partial charge in [0, 0.05) is 35.9 Å². The zero-order chi connectivity index (χ0) is 13.0. The van der Waals surface area contributed by atoms with Crippen molar-refractivity contribution in [2.24, 2.45) is 7.05 Å². The summed E-state index contributed by atoms with van der Waals surface area (Å²) in [7, 11) is 1.06. The number of aromatic nitrogens is 2. The number of hydrogen-bond donors (Lipinski definition) is 2. The van der Waals surface area contributed by atoms with Crippen molar-refractivity contribution in [1.82, 2.24) is 9.78 Å². The molecule has 0 aromatic carbocycles. The minimum Gasteiger partial charge on any atom is -0.394 e. The molecule has 0 aliphatic heterocycles. The molecule has 1 heterocycles. The molecule has 2 unspecified atom stereocenters. The maximum Gasteiger partial charge on any atom is 0.148 e. The van der Waals surface area contributed by atoms with Crippen molar-refractivity contribution >= 4 is 22.3 Å². The molecule has 1 rings (SSSR count). The van der Waals surface area contributed by atoms with Gasteiger partial charge in [-0.05, 0) is 13.3 Å². The fourth-order valence-electron chi connectivity index (χ4n) is 1.82. The van der Waals surface area contributed by atoms with E-state index in [1.165, 1.54) is 0 Å². The minimum atomic E-state index is -0.812. The largest absolute Gasteiger partial charge is 0.394 e. The smallest absolute Gasteiger partial charge is 0.148 e. The van der Waals surface area contributed by atoms with Gasteiger partial charge in [-0.2, -0.15) is 5.10 Å². The van der Waals surface area contributed by atoms with Gasteiger partial charge in [0.1, 0.15) is 5.82 Å². The summed E-state index contributed by atoms with van der Waals surface area (Å²) in [5.41, 5.74) is 7.69. The first kappa shape index (κ1) is 14.0. The van der Waals surface area contributed by atoms with Crippen molar-refractivity contribution in [3.63, 3.8) is 0 Å². The Morgan fingerprint density at radius 3 is 2.76 bits per heavy atom. The van der Waals surface area contributed by atoms with E-state index in [4.69, 9.17) is 5.73 Å². The first-order valence-corrected chi connectivity index (χ1v) is 7.56. The topological polar surface area (TPSA) is 72.9 Å². The Balaban J connectivity index is 2.80. The molecule has 3 N–H and O–H groups in total. The average Bonchev–Trinajstić information content (AvgIpc) is 2.45. The molecule has 1 aromatic heterocycles. The van der Waals surface area contributed by atoms with E-state index >= 15 is 0 Å². The lowest BCUT2D eigenvalue weighted by molar-refractivity contribution is 0.681. The Morgan fingerprint density at radius 1 is 1.59 bits per heavy atom. The molecule has 0 bridgehead atoms. The van der Waals surface area contributed by atoms with Crippen molar-refractivity contribution < 1.29 is 4.21 Å². The van der Waals surface area contributed by atoms with Crippen LogP contribution in [0, 0.1) is 0 Å². The highest BCUT2D eigenvalue weighted by atomic mass is 32.2. The van der Waals surface area contributed by atoms with Crippen molar-refractivity contribution in [1.29, 1.82) is 0 Å². The molecule has 0 spiro atoms. The van der Waals surface area contributed by atoms with E-state index in [9.17, 15) is 4.21 Å². The van der Waals surface area contributed by atoms with Crippen molar-refractivity contribution in [3.05, 3.63) is 5.69 Å². The molecular weight excluding hydrogens is 236 g/mol. The average molecular weight is 258 g/mol. The van der Waals surface area contributed by atoms with E-state index in [1.54, 1.807) is 10.9 Å². The lowest BCUT2D eigenvalue weighted by atomic mass is 10.2. The third kappa shape index (κ3) is 3.73. The minimum absolute atomic E-state index is 0.119. The van der Waals surface area contributed by atoms with E-state index in [0.717, 1.165) is 24.4 Å². The summed E-state index contributed by atoms with van der Waals surface area (Å²) in [4.78, 5) is 0. The van der Waals surface area contributed by atoms with Crippen molar-refractivity contribution in [2.45, 2.75) is 32.7 Å². The lowest BCUT2D eigenvalue weighted by Gasteiger charge is -2.14. The lowest BCUT2D eigenvalue weighted by Crippen LogP contribution is -2.24. The van der Waals surface area contributed by atoms with E-state index in [-0.39, 0.29) is 6.04 Å². The molecule has 0 aliphatic carbocycles. The van der Waals surface area contributed by atoms with E-state index in [0.29, 0.717) is 11.4 Å². The van der Waals surface area contributed by atoms with Gasteiger partial charge in [0.25, 0.3) is 0 Å². The molecule has 0 aliphatic rings. The van der Waals surface area contributed by atoms with Crippen molar-refractivity contribution in [2.75, 3.05) is 23.1 Å². The number of hydrogen-bond acceptors (Lipinski definition) is 4. The summed E-state index contributed by atoms with van der Waals surface area (Å²) in [5, 5.41) is 7.66. The zero-order valence-electron chi connectivity index (χ0n) is 11.0. The molecule has 0 fully saturated rings. The summed E-state index contributed by atoms with van der Waals surface area (Å²) in [5.74, 6) is 1.43. The highest BCUT2D eigenvalue weighted by molar-refractivity contribution is 7.84. The summed E-state index contributed by atoms with van der Waals surface area (Å²) in [6, 6.07) is 0.119. The predicted molar refractivity (Wildman–Crippen MR) is 73.6 cm³/mol. The third-order valence-electron chi connectivity index (χ3n) is 2.51. The highest BCUT2D eigenvalue weighted by Gasteiger charge is 2.14. The highest BCUT2D eigenvalue weighted by Crippen LogP contribution is 2.23. The molecular formula is C11H22N4OS. The summed E-state index contributed by atoms with van der Waals surface area (Å²) in [6.07, 6.45) is 3.61. The summed E-state index contributed by atoms with van der Waals surface area (Å²) >= 11 is 0. The van der Waals surface area contributed by atoms with Gasteiger partial charge in [-0.25, -0.2) is 0 Å². The second kappa shape index (κ2) is 6.05. The number of nitrogens with zero attached hydrogens (tertiary/aromatic N) is 2. The van der Waals surface area contributed by atoms with Crippen LogP contribution in [-0.4, -0.2) is 32.0 Å². The predicted octanol–water partition coefficient (Wildman–Crippen LogP) is 1.13. The number of rotatable bonds is 6. The monoisotopic (exact) mass is 258 g/mol. The van der Waals surface area contributed by atoms with Gasteiger partial charge in [0.2, 0.25) is 0 Å². The molecule has 1 aromatic rings. The van der Waals surface area contributed by atoms with Gasteiger partial charge >= 0.3 is 0 Å². The van der Waals surface area contributed by atoms with Crippen molar-refractivity contribution in [3.8, 4) is 0 Å². The SMILES string of the molecule is CCCc1nn(C)c(NC(C)CS(C)=O)c1N. The normalized spacial score (nSPS) is 14.6. The van der Waals surface area contributed by atoms with E-state index in [1.807, 2.05) is 14.0 Å². The van der Waals surface area contributed by atoms with Gasteiger partial charge in [-0.1, -0.05) is 13.3 Å². The van der Waals surface area contributed by atoms with E-state index < -0.39 is 10.8 Å². The quantitative estimate of drug-likeness (QED) is 0.802.